The van der Waals surface area contributed by atoms with Crippen LogP contribution in [0.15, 0.2) is 24.3 Å². The van der Waals surface area contributed by atoms with Crippen molar-refractivity contribution in [2.24, 2.45) is 0 Å². The van der Waals surface area contributed by atoms with Crippen molar-refractivity contribution >= 4 is 0 Å². The van der Waals surface area contributed by atoms with Gasteiger partial charge in [-0.1, -0.05) is 17.7 Å². The predicted molar refractivity (Wildman–Crippen MR) is 44.9 cm³/mol. The van der Waals surface area contributed by atoms with Crippen molar-refractivity contribution < 1.29 is 5.11 Å². The van der Waals surface area contributed by atoms with Crippen LogP contribution in [0.5, 0.6) is 0 Å². The Hall–Kier alpha value is -0.560. The van der Waals surface area contributed by atoms with Crippen molar-refractivity contribution in [2.45, 2.75) is 26.2 Å². The van der Waals surface area contributed by atoms with E-state index < -0.39 is 0 Å². The summed E-state index contributed by atoms with van der Waals surface area (Å²) in [5, 5.41) is 8.60. The van der Waals surface area contributed by atoms with Gasteiger partial charge in [-0.05, 0) is 26.2 Å². The minimum atomic E-state index is 0.189. The van der Waals surface area contributed by atoms with Crippen LogP contribution in [-0.4, -0.2) is 11.7 Å². The second-order valence-electron chi connectivity index (χ2n) is 2.43. The fraction of sp³-hybridized carbons (Fsp3) is 0.556. The molecule has 1 heteroatoms. The Morgan fingerprint density at radius 1 is 1.50 bits per heavy atom. The molecule has 0 aliphatic rings. The Balaban J connectivity index is 3.24. The van der Waals surface area contributed by atoms with Gasteiger partial charge in [-0.15, -0.1) is 6.58 Å². The number of aliphatic hydroxyl groups is 1. The fourth-order valence-electron chi connectivity index (χ4n) is 0.675. The van der Waals surface area contributed by atoms with Gasteiger partial charge in [0, 0.05) is 0 Å². The Morgan fingerprint density at radius 2 is 2.20 bits per heavy atom. The largest absolute Gasteiger partial charge is 0.392 e. The smallest absolute Gasteiger partial charge is 0.0639 e. The maximum atomic E-state index is 8.60. The molecule has 0 saturated carbocycles. The molecule has 1 nitrogen and oxygen atoms in total. The van der Waals surface area contributed by atoms with Crippen LogP contribution in [0.25, 0.3) is 0 Å². The number of allylic oxidation sites excluding steroid dienone is 2. The summed E-state index contributed by atoms with van der Waals surface area (Å²) >= 11 is 0. The molecule has 58 valence electrons. The van der Waals surface area contributed by atoms with Crippen LogP contribution in [-0.2, 0) is 0 Å². The van der Waals surface area contributed by atoms with Crippen LogP contribution in [0, 0.1) is 0 Å². The minimum Gasteiger partial charge on any atom is -0.392 e. The first-order chi connectivity index (χ1) is 4.81. The van der Waals surface area contributed by atoms with Gasteiger partial charge < -0.3 is 5.11 Å². The molecule has 0 bridgehead atoms. The van der Waals surface area contributed by atoms with E-state index in [2.05, 4.69) is 12.7 Å². The number of rotatable bonds is 5. The lowest BCUT2D eigenvalue weighted by Crippen LogP contribution is -1.82. The standard InChI is InChI=1S/C9H16O/c1-3-4-5-6-7-9(2)8-10/h3,7,10H,1,4-6,8H2,2H3. The lowest BCUT2D eigenvalue weighted by atomic mass is 10.2. The van der Waals surface area contributed by atoms with Gasteiger partial charge in [-0.25, -0.2) is 0 Å². The molecular formula is C9H16O. The maximum Gasteiger partial charge on any atom is 0.0639 e. The van der Waals surface area contributed by atoms with E-state index in [0.29, 0.717) is 0 Å². The molecule has 0 atom stereocenters. The van der Waals surface area contributed by atoms with Crippen molar-refractivity contribution in [1.82, 2.24) is 0 Å². The molecular weight excluding hydrogens is 124 g/mol. The van der Waals surface area contributed by atoms with Crippen molar-refractivity contribution in [3.8, 4) is 0 Å². The quantitative estimate of drug-likeness (QED) is 0.459. The molecule has 0 saturated heterocycles. The van der Waals surface area contributed by atoms with E-state index in [1.54, 1.807) is 0 Å². The molecule has 10 heavy (non-hydrogen) atoms. The summed E-state index contributed by atoms with van der Waals surface area (Å²) in [5.41, 5.74) is 1.06. The summed E-state index contributed by atoms with van der Waals surface area (Å²) in [6, 6.07) is 0. The number of hydrogen-bond acceptors (Lipinski definition) is 1. The zero-order chi connectivity index (χ0) is 7.82. The van der Waals surface area contributed by atoms with E-state index in [4.69, 9.17) is 5.11 Å². The van der Waals surface area contributed by atoms with Crippen molar-refractivity contribution in [3.63, 3.8) is 0 Å². The molecule has 0 fully saturated rings. The highest BCUT2D eigenvalue weighted by atomic mass is 16.3. The average molecular weight is 140 g/mol. The van der Waals surface area contributed by atoms with E-state index >= 15 is 0 Å². The highest BCUT2D eigenvalue weighted by Gasteiger charge is 1.84. The second kappa shape index (κ2) is 6.56. The zero-order valence-electron chi connectivity index (χ0n) is 6.64. The van der Waals surface area contributed by atoms with E-state index in [0.717, 1.165) is 24.8 Å². The number of hydrogen-bond donors (Lipinski definition) is 1. The third-order valence-corrected chi connectivity index (χ3v) is 1.35. The normalized spacial score (nSPS) is 11.6. The van der Waals surface area contributed by atoms with Gasteiger partial charge in [0.15, 0.2) is 0 Å². The van der Waals surface area contributed by atoms with Gasteiger partial charge in [0.2, 0.25) is 0 Å². The highest BCUT2D eigenvalue weighted by Crippen LogP contribution is 2.00. The Kier molecular flexibility index (Phi) is 6.19. The van der Waals surface area contributed by atoms with E-state index in [1.165, 1.54) is 0 Å². The van der Waals surface area contributed by atoms with Gasteiger partial charge >= 0.3 is 0 Å². The molecule has 0 amide bonds. The van der Waals surface area contributed by atoms with Crippen molar-refractivity contribution in [1.29, 1.82) is 0 Å². The molecule has 0 radical (unpaired) electrons. The summed E-state index contributed by atoms with van der Waals surface area (Å²) in [7, 11) is 0. The Bertz CT molecular complexity index is 114. The summed E-state index contributed by atoms with van der Waals surface area (Å²) in [6.45, 7) is 5.75. The van der Waals surface area contributed by atoms with E-state index in [9.17, 15) is 0 Å². The van der Waals surface area contributed by atoms with Crippen molar-refractivity contribution in [3.05, 3.63) is 24.3 Å². The van der Waals surface area contributed by atoms with Gasteiger partial charge in [0.05, 0.1) is 6.61 Å². The molecule has 0 unspecified atom stereocenters. The monoisotopic (exact) mass is 140 g/mol. The Morgan fingerprint density at radius 3 is 2.70 bits per heavy atom. The number of aliphatic hydroxyl groups excluding tert-OH is 1. The molecule has 0 aliphatic heterocycles. The van der Waals surface area contributed by atoms with E-state index in [1.807, 2.05) is 13.0 Å². The fourth-order valence-corrected chi connectivity index (χ4v) is 0.675. The lowest BCUT2D eigenvalue weighted by Gasteiger charge is -1.93. The molecule has 0 aromatic carbocycles. The van der Waals surface area contributed by atoms with Crippen molar-refractivity contribution in [2.75, 3.05) is 6.61 Å². The highest BCUT2D eigenvalue weighted by molar-refractivity contribution is 4.97. The molecule has 1 N–H and O–H groups in total. The van der Waals surface area contributed by atoms with Gasteiger partial charge in [-0.2, -0.15) is 0 Å². The number of unbranched alkanes of at least 4 members (excludes halogenated alkanes) is 2. The molecule has 0 aromatic heterocycles. The van der Waals surface area contributed by atoms with Crippen LogP contribution in [0.4, 0.5) is 0 Å². The van der Waals surface area contributed by atoms with E-state index in [-0.39, 0.29) is 6.61 Å². The SMILES string of the molecule is C=CCCCC=C(C)CO. The minimum absolute atomic E-state index is 0.189. The van der Waals surface area contributed by atoms with Gasteiger partial charge in [-0.3, -0.25) is 0 Å². The third kappa shape index (κ3) is 5.57. The van der Waals surface area contributed by atoms with Crippen LogP contribution in [0.2, 0.25) is 0 Å². The van der Waals surface area contributed by atoms with Crippen LogP contribution in [0.1, 0.15) is 26.2 Å². The molecule has 0 rings (SSSR count). The molecule has 0 spiro atoms. The van der Waals surface area contributed by atoms with Crippen LogP contribution in [0.3, 0.4) is 0 Å². The lowest BCUT2D eigenvalue weighted by molar-refractivity contribution is 0.331. The first-order valence-corrected chi connectivity index (χ1v) is 3.68. The third-order valence-electron chi connectivity index (χ3n) is 1.35. The van der Waals surface area contributed by atoms with Crippen LogP contribution < -0.4 is 0 Å². The zero-order valence-corrected chi connectivity index (χ0v) is 6.64. The molecule has 0 aliphatic carbocycles. The van der Waals surface area contributed by atoms with Gasteiger partial charge in [0.25, 0.3) is 0 Å². The molecule has 0 aromatic rings. The maximum absolute atomic E-state index is 8.60. The molecule has 0 heterocycles. The first kappa shape index (κ1) is 9.44. The average Bonchev–Trinajstić information content (AvgIpc) is 1.98. The summed E-state index contributed by atoms with van der Waals surface area (Å²) in [4.78, 5) is 0. The topological polar surface area (TPSA) is 20.2 Å². The van der Waals surface area contributed by atoms with Crippen LogP contribution >= 0.6 is 0 Å². The summed E-state index contributed by atoms with van der Waals surface area (Å²) in [5.74, 6) is 0. The first-order valence-electron chi connectivity index (χ1n) is 3.68. The summed E-state index contributed by atoms with van der Waals surface area (Å²) < 4.78 is 0. The van der Waals surface area contributed by atoms with Gasteiger partial charge in [0.1, 0.15) is 0 Å². The Labute approximate surface area is 63.1 Å². The predicted octanol–water partition coefficient (Wildman–Crippen LogP) is 2.28. The second-order valence-corrected chi connectivity index (χ2v) is 2.43. The summed E-state index contributed by atoms with van der Waals surface area (Å²) in [6.07, 6.45) is 7.25.